The van der Waals surface area contributed by atoms with Crippen LogP contribution in [0.1, 0.15) is 0 Å². The van der Waals surface area contributed by atoms with E-state index in [9.17, 15) is 4.79 Å². The number of hydrogen-bond donors (Lipinski definition) is 0. The molecule has 0 saturated heterocycles. The molecule has 0 N–H and O–H groups in total. The van der Waals surface area contributed by atoms with Crippen LogP contribution in [0.15, 0.2) is 33.9 Å². The molecule has 0 aliphatic heterocycles. The Hall–Kier alpha value is -1.58. The van der Waals surface area contributed by atoms with Crippen molar-refractivity contribution in [1.82, 2.24) is 9.56 Å². The molecule has 4 heteroatoms. The Labute approximate surface area is 55.7 Å². The number of fused-ring (bicyclic) bond motifs is 1. The Morgan fingerprint density at radius 3 is 3.20 bits per heavy atom. The molecule has 0 unspecified atom stereocenters. The van der Waals surface area contributed by atoms with Crippen molar-refractivity contribution in [2.75, 3.05) is 0 Å². The van der Waals surface area contributed by atoms with Crippen LogP contribution in [0.25, 0.3) is 5.65 Å². The van der Waals surface area contributed by atoms with Gasteiger partial charge in [0, 0.05) is 18.3 Å². The minimum absolute atomic E-state index is 0.199. The molecule has 0 amide bonds. The van der Waals surface area contributed by atoms with Crippen LogP contribution >= 0.6 is 0 Å². The lowest BCUT2D eigenvalue weighted by Crippen LogP contribution is -2.09. The molecule has 0 fully saturated rings. The number of aromatic nitrogens is 2. The molecule has 0 aromatic carbocycles. The Morgan fingerprint density at radius 2 is 2.40 bits per heavy atom. The average Bonchev–Trinajstić information content (AvgIpc) is 2.36. The quantitative estimate of drug-likeness (QED) is 0.522. The fourth-order valence-electron chi connectivity index (χ4n) is 0.779. The van der Waals surface area contributed by atoms with Crippen LogP contribution in [-0.4, -0.2) is 9.56 Å². The molecular formula is C6H4N2O2. The summed E-state index contributed by atoms with van der Waals surface area (Å²) in [7, 11) is 0. The van der Waals surface area contributed by atoms with E-state index in [0.717, 1.165) is 4.57 Å². The molecule has 0 bridgehead atoms. The van der Waals surface area contributed by atoms with Crippen LogP contribution < -0.4 is 5.56 Å². The van der Waals surface area contributed by atoms with Gasteiger partial charge in [-0.2, -0.15) is 0 Å². The lowest BCUT2D eigenvalue weighted by atomic mass is 10.6. The van der Waals surface area contributed by atoms with Crippen LogP contribution in [0.2, 0.25) is 0 Å². The topological polar surface area (TPSA) is 47.5 Å². The predicted molar refractivity (Wildman–Crippen MR) is 33.7 cm³/mol. The van der Waals surface area contributed by atoms with Crippen LogP contribution in [-0.2, 0) is 0 Å². The van der Waals surface area contributed by atoms with Gasteiger partial charge in [-0.1, -0.05) is 0 Å². The largest absolute Gasteiger partial charge is 0.378 e. The van der Waals surface area contributed by atoms with Gasteiger partial charge in [0.05, 0.1) is 0 Å². The summed E-state index contributed by atoms with van der Waals surface area (Å²) in [6.45, 7) is 0. The first-order chi connectivity index (χ1) is 4.88. The molecule has 0 saturated carbocycles. The molecule has 0 spiro atoms. The van der Waals surface area contributed by atoms with Gasteiger partial charge in [0.1, 0.15) is 6.26 Å². The normalized spacial score (nSPS) is 10.4. The summed E-state index contributed by atoms with van der Waals surface area (Å²) in [6, 6.07) is 2.97. The third-order valence-corrected chi connectivity index (χ3v) is 1.22. The van der Waals surface area contributed by atoms with Crippen LogP contribution in [0, 0.1) is 0 Å². The minimum Gasteiger partial charge on any atom is -0.378 e. The van der Waals surface area contributed by atoms with E-state index in [1.54, 1.807) is 6.07 Å². The van der Waals surface area contributed by atoms with Gasteiger partial charge in [-0.15, -0.1) is 4.57 Å². The molecule has 2 aromatic heterocycles. The molecule has 2 aromatic rings. The van der Waals surface area contributed by atoms with Crippen LogP contribution in [0.5, 0.6) is 0 Å². The zero-order valence-corrected chi connectivity index (χ0v) is 5.02. The molecular weight excluding hydrogens is 132 g/mol. The number of rotatable bonds is 0. The minimum atomic E-state index is -0.199. The molecule has 0 aliphatic rings. The second kappa shape index (κ2) is 1.70. The van der Waals surface area contributed by atoms with E-state index in [-0.39, 0.29) is 5.56 Å². The monoisotopic (exact) mass is 136 g/mol. The fourth-order valence-corrected chi connectivity index (χ4v) is 0.779. The highest BCUT2D eigenvalue weighted by molar-refractivity contribution is 5.32. The van der Waals surface area contributed by atoms with E-state index in [4.69, 9.17) is 4.52 Å². The lowest BCUT2D eigenvalue weighted by Gasteiger charge is -1.84. The molecule has 0 radical (unpaired) electrons. The van der Waals surface area contributed by atoms with Crippen molar-refractivity contribution in [3.8, 4) is 0 Å². The van der Waals surface area contributed by atoms with E-state index in [2.05, 4.69) is 4.98 Å². The maximum Gasteiger partial charge on any atom is 0.287 e. The first-order valence-electron chi connectivity index (χ1n) is 2.80. The van der Waals surface area contributed by atoms with E-state index >= 15 is 0 Å². The summed E-state index contributed by atoms with van der Waals surface area (Å²) in [4.78, 5) is 14.7. The van der Waals surface area contributed by atoms with Crippen molar-refractivity contribution < 1.29 is 4.52 Å². The smallest absolute Gasteiger partial charge is 0.287 e. The SMILES string of the molecule is O=c1ccnc2ccon12. The summed E-state index contributed by atoms with van der Waals surface area (Å²) >= 11 is 0. The molecule has 50 valence electrons. The summed E-state index contributed by atoms with van der Waals surface area (Å²) in [5.74, 6) is 0. The van der Waals surface area contributed by atoms with E-state index in [0.29, 0.717) is 5.65 Å². The van der Waals surface area contributed by atoms with Crippen molar-refractivity contribution in [2.24, 2.45) is 0 Å². The van der Waals surface area contributed by atoms with Crippen molar-refractivity contribution >= 4 is 5.65 Å². The zero-order chi connectivity index (χ0) is 6.97. The summed E-state index contributed by atoms with van der Waals surface area (Å²) < 4.78 is 5.92. The van der Waals surface area contributed by atoms with Crippen molar-refractivity contribution in [3.63, 3.8) is 0 Å². The lowest BCUT2D eigenvalue weighted by molar-refractivity contribution is 0.363. The van der Waals surface area contributed by atoms with Gasteiger partial charge in [0.15, 0.2) is 5.65 Å². The third-order valence-electron chi connectivity index (χ3n) is 1.22. The second-order valence-electron chi connectivity index (χ2n) is 1.84. The number of nitrogens with zero attached hydrogens (tertiary/aromatic N) is 2. The average molecular weight is 136 g/mol. The van der Waals surface area contributed by atoms with Gasteiger partial charge in [-0.3, -0.25) is 4.79 Å². The van der Waals surface area contributed by atoms with E-state index in [1.165, 1.54) is 18.5 Å². The molecule has 2 rings (SSSR count). The molecule has 10 heavy (non-hydrogen) atoms. The zero-order valence-electron chi connectivity index (χ0n) is 5.02. The van der Waals surface area contributed by atoms with Crippen LogP contribution in [0.4, 0.5) is 0 Å². The molecule has 0 atom stereocenters. The van der Waals surface area contributed by atoms with Crippen molar-refractivity contribution in [2.45, 2.75) is 0 Å². The highest BCUT2D eigenvalue weighted by atomic mass is 16.5. The van der Waals surface area contributed by atoms with Crippen LogP contribution in [0.3, 0.4) is 0 Å². The summed E-state index contributed by atoms with van der Waals surface area (Å²) in [5.41, 5.74) is 0.336. The Balaban J connectivity index is 3.09. The van der Waals surface area contributed by atoms with Gasteiger partial charge in [0.2, 0.25) is 0 Å². The molecule has 0 aliphatic carbocycles. The highest BCUT2D eigenvalue weighted by Crippen LogP contribution is 1.93. The third kappa shape index (κ3) is 0.556. The summed E-state index contributed by atoms with van der Waals surface area (Å²) in [5, 5.41) is 0. The Bertz CT molecular complexity index is 401. The number of hydrogen-bond acceptors (Lipinski definition) is 3. The van der Waals surface area contributed by atoms with Gasteiger partial charge in [-0.25, -0.2) is 4.98 Å². The van der Waals surface area contributed by atoms with Gasteiger partial charge in [0.25, 0.3) is 5.56 Å². The summed E-state index contributed by atoms with van der Waals surface area (Å²) in [6.07, 6.45) is 2.87. The van der Waals surface area contributed by atoms with E-state index < -0.39 is 0 Å². The Kier molecular flexibility index (Phi) is 0.887. The maximum absolute atomic E-state index is 10.9. The van der Waals surface area contributed by atoms with Gasteiger partial charge in [-0.05, 0) is 0 Å². The highest BCUT2D eigenvalue weighted by Gasteiger charge is 1.95. The van der Waals surface area contributed by atoms with E-state index in [1.807, 2.05) is 0 Å². The fraction of sp³-hybridized carbons (Fsp3) is 0. The van der Waals surface area contributed by atoms with Crippen molar-refractivity contribution in [3.05, 3.63) is 34.9 Å². The maximum atomic E-state index is 10.9. The van der Waals surface area contributed by atoms with Gasteiger partial charge >= 0.3 is 0 Å². The van der Waals surface area contributed by atoms with Crippen molar-refractivity contribution in [1.29, 1.82) is 0 Å². The molecule has 4 nitrogen and oxygen atoms in total. The second-order valence-corrected chi connectivity index (χ2v) is 1.84. The first-order valence-corrected chi connectivity index (χ1v) is 2.80. The first kappa shape index (κ1) is 5.22. The molecule has 2 heterocycles. The standard InChI is InChI=1S/C6H4N2O2/c9-6-1-3-7-5-2-4-10-8(5)6/h1-4H. The van der Waals surface area contributed by atoms with Gasteiger partial charge < -0.3 is 4.52 Å². The Morgan fingerprint density at radius 1 is 1.50 bits per heavy atom. The predicted octanol–water partition coefficient (Wildman–Crippen LogP) is 0.287.